The summed E-state index contributed by atoms with van der Waals surface area (Å²) in [7, 11) is -3.34. The number of sulfone groups is 1. The van der Waals surface area contributed by atoms with Gasteiger partial charge >= 0.3 is 5.76 Å². The standard InChI is InChI=1S/C18H18F2N2O5S/c1-27-17-5-3-2-4-14(17)12-8-9-21(11-12)15-7-6-13(10-16(15)22(23)24)28(25,26)18(19)20/h2-7,10,12,18H,8-9,11H2,1H3. The molecule has 1 atom stereocenters. The summed E-state index contributed by atoms with van der Waals surface area (Å²) in [6.45, 7) is 0.965. The number of hydrogen-bond donors (Lipinski definition) is 0. The number of nitrogens with zero attached hydrogens (tertiary/aromatic N) is 2. The minimum absolute atomic E-state index is 0.0697. The predicted molar refractivity (Wildman–Crippen MR) is 98.9 cm³/mol. The molecule has 0 N–H and O–H groups in total. The van der Waals surface area contributed by atoms with Crippen LogP contribution in [0.2, 0.25) is 0 Å². The number of alkyl halides is 2. The van der Waals surface area contributed by atoms with E-state index in [9.17, 15) is 27.3 Å². The molecule has 0 aromatic heterocycles. The van der Waals surface area contributed by atoms with Crippen LogP contribution >= 0.6 is 0 Å². The lowest BCUT2D eigenvalue weighted by molar-refractivity contribution is -0.384. The molecule has 0 bridgehead atoms. The molecule has 1 aliphatic rings. The molecule has 2 aromatic rings. The van der Waals surface area contributed by atoms with E-state index in [4.69, 9.17) is 4.74 Å². The second-order valence-electron chi connectivity index (χ2n) is 6.39. The number of methoxy groups -OCH3 is 1. The number of anilines is 1. The molecule has 1 saturated heterocycles. The number of nitro groups is 1. The third-order valence-electron chi connectivity index (χ3n) is 4.81. The molecule has 28 heavy (non-hydrogen) atoms. The molecule has 0 spiro atoms. The summed E-state index contributed by atoms with van der Waals surface area (Å²) < 4.78 is 54.2. The van der Waals surface area contributed by atoms with Crippen molar-refractivity contribution in [1.82, 2.24) is 0 Å². The molecule has 1 heterocycles. The van der Waals surface area contributed by atoms with Gasteiger partial charge in [-0.25, -0.2) is 8.42 Å². The zero-order chi connectivity index (χ0) is 20.5. The summed E-state index contributed by atoms with van der Waals surface area (Å²) in [5.74, 6) is -2.85. The number of ether oxygens (including phenoxy) is 1. The number of para-hydroxylation sites is 1. The molecule has 1 unspecified atom stereocenters. The molecule has 0 amide bonds. The molecule has 2 aromatic carbocycles. The predicted octanol–water partition coefficient (Wildman–Crippen LogP) is 3.59. The van der Waals surface area contributed by atoms with Crippen molar-refractivity contribution < 1.29 is 26.9 Å². The van der Waals surface area contributed by atoms with E-state index >= 15 is 0 Å². The largest absolute Gasteiger partial charge is 0.496 e. The van der Waals surface area contributed by atoms with Crippen LogP contribution in [0.4, 0.5) is 20.2 Å². The van der Waals surface area contributed by atoms with Crippen LogP contribution in [0.1, 0.15) is 17.9 Å². The minimum Gasteiger partial charge on any atom is -0.496 e. The second-order valence-corrected chi connectivity index (χ2v) is 8.30. The van der Waals surface area contributed by atoms with Crippen molar-refractivity contribution in [3.05, 3.63) is 58.1 Å². The molecular weight excluding hydrogens is 394 g/mol. The quantitative estimate of drug-likeness (QED) is 0.532. The van der Waals surface area contributed by atoms with Crippen LogP contribution < -0.4 is 9.64 Å². The summed E-state index contributed by atoms with van der Waals surface area (Å²) in [5.41, 5.74) is 0.671. The Morgan fingerprint density at radius 1 is 1.25 bits per heavy atom. The van der Waals surface area contributed by atoms with Gasteiger partial charge in [0, 0.05) is 25.1 Å². The second kappa shape index (κ2) is 7.70. The van der Waals surface area contributed by atoms with Crippen LogP contribution in [0.5, 0.6) is 5.75 Å². The van der Waals surface area contributed by atoms with Gasteiger partial charge < -0.3 is 9.64 Å². The van der Waals surface area contributed by atoms with Gasteiger partial charge in [-0.05, 0) is 30.2 Å². The highest BCUT2D eigenvalue weighted by atomic mass is 32.2. The first-order valence-electron chi connectivity index (χ1n) is 8.44. The highest BCUT2D eigenvalue weighted by molar-refractivity contribution is 7.91. The summed E-state index contributed by atoms with van der Waals surface area (Å²) in [6.07, 6.45) is 0.717. The molecule has 10 heteroatoms. The van der Waals surface area contributed by atoms with E-state index < -0.39 is 31.1 Å². The van der Waals surface area contributed by atoms with Gasteiger partial charge in [-0.1, -0.05) is 18.2 Å². The van der Waals surface area contributed by atoms with Gasteiger partial charge in [0.15, 0.2) is 0 Å². The first kappa shape index (κ1) is 20.0. The monoisotopic (exact) mass is 412 g/mol. The van der Waals surface area contributed by atoms with Crippen molar-refractivity contribution in [2.45, 2.75) is 23.0 Å². The lowest BCUT2D eigenvalue weighted by Crippen LogP contribution is -2.21. The van der Waals surface area contributed by atoms with Gasteiger partial charge in [-0.3, -0.25) is 10.1 Å². The van der Waals surface area contributed by atoms with Gasteiger partial charge in [0.1, 0.15) is 11.4 Å². The van der Waals surface area contributed by atoms with Gasteiger partial charge in [0.25, 0.3) is 5.69 Å². The SMILES string of the molecule is COc1ccccc1C1CCN(c2ccc(S(=O)(=O)C(F)F)cc2[N+](=O)[O-])C1. The van der Waals surface area contributed by atoms with Crippen molar-refractivity contribution in [1.29, 1.82) is 0 Å². The Balaban J connectivity index is 1.93. The summed E-state index contributed by atoms with van der Waals surface area (Å²) in [5, 5.41) is 11.5. The zero-order valence-corrected chi connectivity index (χ0v) is 15.7. The first-order valence-corrected chi connectivity index (χ1v) is 9.98. The molecule has 1 aliphatic heterocycles. The normalized spacial score (nSPS) is 17.1. The van der Waals surface area contributed by atoms with Crippen molar-refractivity contribution >= 4 is 21.2 Å². The van der Waals surface area contributed by atoms with Crippen LogP contribution in [0.25, 0.3) is 0 Å². The Bertz CT molecular complexity index is 997. The van der Waals surface area contributed by atoms with Crippen LogP contribution in [0, 0.1) is 10.1 Å². The van der Waals surface area contributed by atoms with E-state index in [-0.39, 0.29) is 11.6 Å². The number of halogens is 2. The number of rotatable bonds is 6. The lowest BCUT2D eigenvalue weighted by Gasteiger charge is -2.20. The lowest BCUT2D eigenvalue weighted by atomic mass is 9.97. The van der Waals surface area contributed by atoms with E-state index in [1.54, 1.807) is 12.0 Å². The molecule has 3 rings (SSSR count). The summed E-state index contributed by atoms with van der Waals surface area (Å²) in [4.78, 5) is 11.7. The van der Waals surface area contributed by atoms with E-state index in [0.717, 1.165) is 17.4 Å². The number of benzene rings is 2. The Hall–Kier alpha value is -2.75. The van der Waals surface area contributed by atoms with Gasteiger partial charge in [0.2, 0.25) is 9.84 Å². The molecule has 0 aliphatic carbocycles. The molecule has 150 valence electrons. The van der Waals surface area contributed by atoms with Crippen molar-refractivity contribution in [3.8, 4) is 5.75 Å². The Kier molecular flexibility index (Phi) is 5.50. The fraction of sp³-hybridized carbons (Fsp3) is 0.333. The maximum Gasteiger partial charge on any atom is 0.341 e. The average Bonchev–Trinajstić information content (AvgIpc) is 3.17. The molecule has 0 radical (unpaired) electrons. The smallest absolute Gasteiger partial charge is 0.341 e. The van der Waals surface area contributed by atoms with E-state index in [1.807, 2.05) is 24.3 Å². The number of nitro benzene ring substituents is 1. The Morgan fingerprint density at radius 3 is 2.61 bits per heavy atom. The highest BCUT2D eigenvalue weighted by Crippen LogP contribution is 2.39. The molecule has 1 fully saturated rings. The van der Waals surface area contributed by atoms with E-state index in [1.165, 1.54) is 6.07 Å². The fourth-order valence-electron chi connectivity index (χ4n) is 3.43. The molecule has 0 saturated carbocycles. The van der Waals surface area contributed by atoms with E-state index in [0.29, 0.717) is 25.6 Å². The van der Waals surface area contributed by atoms with Crippen LogP contribution in [-0.2, 0) is 9.84 Å². The van der Waals surface area contributed by atoms with Gasteiger partial charge in [-0.15, -0.1) is 0 Å². The maximum atomic E-state index is 12.8. The topological polar surface area (TPSA) is 89.8 Å². The first-order chi connectivity index (χ1) is 13.3. The number of hydrogen-bond acceptors (Lipinski definition) is 6. The van der Waals surface area contributed by atoms with Crippen molar-refractivity contribution in [2.24, 2.45) is 0 Å². The average molecular weight is 412 g/mol. The van der Waals surface area contributed by atoms with Crippen molar-refractivity contribution in [3.63, 3.8) is 0 Å². The van der Waals surface area contributed by atoms with E-state index in [2.05, 4.69) is 0 Å². The van der Waals surface area contributed by atoms with Crippen LogP contribution in [0.15, 0.2) is 47.4 Å². The molecule has 7 nitrogen and oxygen atoms in total. The minimum atomic E-state index is -4.91. The van der Waals surface area contributed by atoms with Gasteiger partial charge in [0.05, 0.1) is 16.9 Å². The third kappa shape index (κ3) is 3.64. The maximum absolute atomic E-state index is 12.8. The summed E-state index contributed by atoms with van der Waals surface area (Å²) in [6, 6.07) is 10.4. The Morgan fingerprint density at radius 2 is 1.96 bits per heavy atom. The Labute approximate surface area is 160 Å². The third-order valence-corrected chi connectivity index (χ3v) is 6.19. The van der Waals surface area contributed by atoms with Crippen LogP contribution in [-0.4, -0.2) is 39.3 Å². The molecular formula is C18H18F2N2O5S. The zero-order valence-electron chi connectivity index (χ0n) is 14.9. The highest BCUT2D eigenvalue weighted by Gasteiger charge is 2.33. The van der Waals surface area contributed by atoms with Gasteiger partial charge in [-0.2, -0.15) is 8.78 Å². The summed E-state index contributed by atoms with van der Waals surface area (Å²) >= 11 is 0. The fourth-order valence-corrected chi connectivity index (χ4v) is 4.17. The van der Waals surface area contributed by atoms with Crippen LogP contribution in [0.3, 0.4) is 0 Å². The van der Waals surface area contributed by atoms with Crippen molar-refractivity contribution in [2.75, 3.05) is 25.1 Å².